The van der Waals surface area contributed by atoms with Gasteiger partial charge in [0.2, 0.25) is 0 Å². The number of hydrogen-bond donors (Lipinski definition) is 1. The normalized spacial score (nSPS) is 11.0. The second-order valence-corrected chi connectivity index (χ2v) is 11.6. The quantitative estimate of drug-likeness (QED) is 0.141. The van der Waals surface area contributed by atoms with Gasteiger partial charge in [0.15, 0.2) is 0 Å². The first-order valence-corrected chi connectivity index (χ1v) is 14.4. The Kier molecular flexibility index (Phi) is 10.0. The molecule has 0 radical (unpaired) electrons. The third kappa shape index (κ3) is 7.60. The molecule has 0 unspecified atom stereocenters. The van der Waals surface area contributed by atoms with Crippen LogP contribution in [0, 0.1) is 0 Å². The molecule has 0 saturated carbocycles. The first-order chi connectivity index (χ1) is 20.9. The summed E-state index contributed by atoms with van der Waals surface area (Å²) in [6, 6.07) is 22.5. The van der Waals surface area contributed by atoms with Crippen LogP contribution in [0.3, 0.4) is 0 Å². The van der Waals surface area contributed by atoms with Crippen molar-refractivity contribution in [3.63, 3.8) is 0 Å². The number of hydrogen-bond acceptors (Lipinski definition) is 7. The van der Waals surface area contributed by atoms with E-state index in [2.05, 4.69) is 32.7 Å². The van der Waals surface area contributed by atoms with Crippen LogP contribution >= 0.6 is 11.6 Å². The van der Waals surface area contributed by atoms with E-state index < -0.39 is 11.9 Å². The van der Waals surface area contributed by atoms with Crippen molar-refractivity contribution in [3.8, 4) is 28.4 Å². The topological polar surface area (TPSA) is 83.1 Å². The first-order valence-electron chi connectivity index (χ1n) is 14.0. The van der Waals surface area contributed by atoms with Crippen molar-refractivity contribution >= 4 is 34.8 Å². The SMILES string of the molecule is C=C(C)c1c(NC(C)(C)C)ccc(-c2ccc(OC(=O)c3ccccc3Cl)cc2OC)c1COC(=O)c1ccc(OC)cc1. The Labute approximate surface area is 263 Å². The van der Waals surface area contributed by atoms with Gasteiger partial charge in [0.05, 0.1) is 30.4 Å². The minimum atomic E-state index is -0.585. The fourth-order valence-corrected chi connectivity index (χ4v) is 4.95. The molecule has 1 N–H and O–H groups in total. The van der Waals surface area contributed by atoms with Gasteiger partial charge in [0.25, 0.3) is 0 Å². The van der Waals surface area contributed by atoms with Crippen molar-refractivity contribution in [1.82, 2.24) is 0 Å². The summed E-state index contributed by atoms with van der Waals surface area (Å²) in [6.07, 6.45) is 0. The number of benzene rings is 4. The number of anilines is 1. The molecule has 0 aliphatic carbocycles. The molecule has 228 valence electrons. The number of rotatable bonds is 10. The minimum absolute atomic E-state index is 0.0333. The Morgan fingerprint density at radius 3 is 2.11 bits per heavy atom. The van der Waals surface area contributed by atoms with E-state index in [1.54, 1.807) is 73.8 Å². The monoisotopic (exact) mass is 613 g/mol. The van der Waals surface area contributed by atoms with Gasteiger partial charge in [0.1, 0.15) is 23.9 Å². The van der Waals surface area contributed by atoms with Crippen LogP contribution < -0.4 is 19.5 Å². The van der Waals surface area contributed by atoms with Crippen LogP contribution in [-0.4, -0.2) is 31.7 Å². The molecular weight excluding hydrogens is 578 g/mol. The highest BCUT2D eigenvalue weighted by Gasteiger charge is 2.23. The zero-order chi connectivity index (χ0) is 32.0. The number of ether oxygens (including phenoxy) is 4. The van der Waals surface area contributed by atoms with E-state index in [0.29, 0.717) is 27.6 Å². The zero-order valence-corrected chi connectivity index (χ0v) is 26.5. The maximum atomic E-state index is 13.1. The molecule has 7 nitrogen and oxygen atoms in total. The third-order valence-corrected chi connectivity index (χ3v) is 7.02. The summed E-state index contributed by atoms with van der Waals surface area (Å²) in [5.41, 5.74) is 5.11. The maximum absolute atomic E-state index is 13.1. The van der Waals surface area contributed by atoms with Gasteiger partial charge in [-0.15, -0.1) is 0 Å². The molecule has 4 rings (SSSR count). The van der Waals surface area contributed by atoms with Crippen LogP contribution in [-0.2, 0) is 11.3 Å². The second kappa shape index (κ2) is 13.7. The Bertz CT molecular complexity index is 1690. The molecular formula is C36H36ClNO6. The molecule has 44 heavy (non-hydrogen) atoms. The van der Waals surface area contributed by atoms with Gasteiger partial charge in [-0.3, -0.25) is 0 Å². The van der Waals surface area contributed by atoms with Crippen LogP contribution in [0.25, 0.3) is 16.7 Å². The lowest BCUT2D eigenvalue weighted by atomic mass is 9.90. The van der Waals surface area contributed by atoms with Crippen molar-refractivity contribution < 1.29 is 28.5 Å². The summed E-state index contributed by atoms with van der Waals surface area (Å²) >= 11 is 6.19. The molecule has 0 spiro atoms. The molecule has 0 atom stereocenters. The number of carbonyl (C=O) groups is 2. The van der Waals surface area contributed by atoms with E-state index in [1.807, 2.05) is 19.1 Å². The van der Waals surface area contributed by atoms with Crippen molar-refractivity contribution in [2.24, 2.45) is 0 Å². The largest absolute Gasteiger partial charge is 0.497 e. The highest BCUT2D eigenvalue weighted by molar-refractivity contribution is 6.33. The van der Waals surface area contributed by atoms with Crippen molar-refractivity contribution in [2.45, 2.75) is 39.8 Å². The summed E-state index contributed by atoms with van der Waals surface area (Å²) in [4.78, 5) is 25.9. The summed E-state index contributed by atoms with van der Waals surface area (Å²) in [7, 11) is 3.10. The molecule has 0 amide bonds. The predicted molar refractivity (Wildman–Crippen MR) is 175 cm³/mol. The van der Waals surface area contributed by atoms with Gasteiger partial charge in [-0.05, 0) is 93.4 Å². The van der Waals surface area contributed by atoms with Gasteiger partial charge < -0.3 is 24.3 Å². The zero-order valence-electron chi connectivity index (χ0n) is 25.7. The summed E-state index contributed by atoms with van der Waals surface area (Å²) in [6.45, 7) is 12.3. The number of nitrogens with one attached hydrogen (secondary N) is 1. The predicted octanol–water partition coefficient (Wildman–Crippen LogP) is 8.84. The molecule has 0 saturated heterocycles. The number of methoxy groups -OCH3 is 2. The van der Waals surface area contributed by atoms with Crippen LogP contribution in [0.15, 0.2) is 85.4 Å². The number of allylic oxidation sites excluding steroid dienone is 1. The Morgan fingerprint density at radius 2 is 1.50 bits per heavy atom. The second-order valence-electron chi connectivity index (χ2n) is 11.2. The standard InChI is InChI=1S/C36H36ClNO6/c1-22(2)33-29(21-43-34(39)23-12-14-24(41-6)15-13-23)26(18-19-31(33)38-36(3,4)5)27-17-16-25(20-32(27)42-7)44-35(40)28-10-8-9-11-30(28)37/h8-20,38H,1,21H2,2-7H3. The van der Waals surface area contributed by atoms with Crippen LogP contribution in [0.5, 0.6) is 17.2 Å². The van der Waals surface area contributed by atoms with Crippen LogP contribution in [0.2, 0.25) is 5.02 Å². The average molecular weight is 614 g/mol. The molecule has 0 aliphatic rings. The summed E-state index contributed by atoms with van der Waals surface area (Å²) in [5, 5.41) is 3.84. The molecule has 0 fully saturated rings. The summed E-state index contributed by atoms with van der Waals surface area (Å²) in [5.74, 6) is 0.325. The maximum Gasteiger partial charge on any atom is 0.345 e. The van der Waals surface area contributed by atoms with E-state index in [-0.39, 0.29) is 23.5 Å². The number of halogens is 1. The van der Waals surface area contributed by atoms with E-state index in [0.717, 1.165) is 28.0 Å². The lowest BCUT2D eigenvalue weighted by Gasteiger charge is -2.27. The fraction of sp³-hybridized carbons (Fsp3) is 0.222. The Morgan fingerprint density at radius 1 is 0.841 bits per heavy atom. The number of carbonyl (C=O) groups excluding carboxylic acids is 2. The molecule has 4 aromatic rings. The lowest BCUT2D eigenvalue weighted by molar-refractivity contribution is 0.0473. The third-order valence-electron chi connectivity index (χ3n) is 6.69. The summed E-state index contributed by atoms with van der Waals surface area (Å²) < 4.78 is 22.4. The first kappa shape index (κ1) is 32.2. The molecule has 8 heteroatoms. The van der Waals surface area contributed by atoms with E-state index >= 15 is 0 Å². The molecule has 0 aromatic heterocycles. The molecule has 4 aromatic carbocycles. The fourth-order valence-electron chi connectivity index (χ4n) is 4.74. The van der Waals surface area contributed by atoms with Crippen molar-refractivity contribution in [1.29, 1.82) is 0 Å². The van der Waals surface area contributed by atoms with Gasteiger partial charge >= 0.3 is 11.9 Å². The lowest BCUT2D eigenvalue weighted by Crippen LogP contribution is -2.27. The van der Waals surface area contributed by atoms with Crippen LogP contribution in [0.4, 0.5) is 5.69 Å². The minimum Gasteiger partial charge on any atom is -0.497 e. The van der Waals surface area contributed by atoms with Gasteiger partial charge in [0, 0.05) is 34.0 Å². The van der Waals surface area contributed by atoms with Gasteiger partial charge in [-0.25, -0.2) is 9.59 Å². The van der Waals surface area contributed by atoms with Crippen molar-refractivity contribution in [3.05, 3.63) is 113 Å². The molecule has 0 bridgehead atoms. The van der Waals surface area contributed by atoms with Crippen molar-refractivity contribution in [2.75, 3.05) is 19.5 Å². The van der Waals surface area contributed by atoms with Gasteiger partial charge in [-0.2, -0.15) is 0 Å². The Balaban J connectivity index is 1.76. The smallest absolute Gasteiger partial charge is 0.345 e. The van der Waals surface area contributed by atoms with Gasteiger partial charge in [-0.1, -0.05) is 36.4 Å². The Hall–Kier alpha value is -4.75. The highest BCUT2D eigenvalue weighted by Crippen LogP contribution is 2.41. The van der Waals surface area contributed by atoms with E-state index in [4.69, 9.17) is 30.5 Å². The van der Waals surface area contributed by atoms with E-state index in [1.165, 1.54) is 7.11 Å². The number of esters is 2. The highest BCUT2D eigenvalue weighted by atomic mass is 35.5. The molecule has 0 aliphatic heterocycles. The molecule has 0 heterocycles. The van der Waals surface area contributed by atoms with E-state index in [9.17, 15) is 9.59 Å². The van der Waals surface area contributed by atoms with Crippen LogP contribution in [0.1, 0.15) is 59.5 Å². The average Bonchev–Trinajstić information content (AvgIpc) is 2.99.